The van der Waals surface area contributed by atoms with E-state index in [-0.39, 0.29) is 24.3 Å². The molecule has 1 heterocycles. The van der Waals surface area contributed by atoms with Crippen LogP contribution in [-0.4, -0.2) is 49.0 Å². The largest absolute Gasteiger partial charge is 0.473 e. The fourth-order valence-electron chi connectivity index (χ4n) is 2.15. The van der Waals surface area contributed by atoms with Crippen LogP contribution in [0.15, 0.2) is 16.8 Å². The number of aromatic nitrogens is 2. The van der Waals surface area contributed by atoms with Crippen molar-refractivity contribution in [3.63, 3.8) is 0 Å². The summed E-state index contributed by atoms with van der Waals surface area (Å²) in [5.74, 6) is -2.27. The van der Waals surface area contributed by atoms with E-state index in [4.69, 9.17) is 4.74 Å². The van der Waals surface area contributed by atoms with E-state index in [1.54, 1.807) is 0 Å². The van der Waals surface area contributed by atoms with Gasteiger partial charge in [-0.1, -0.05) is 19.6 Å². The molecule has 0 bridgehead atoms. The average Bonchev–Trinajstić information content (AvgIpc) is 2.91. The Morgan fingerprint density at radius 1 is 1.44 bits per heavy atom. The van der Waals surface area contributed by atoms with Crippen molar-refractivity contribution >= 4 is 25.8 Å². The molecule has 5 nitrogen and oxygen atoms in total. The van der Waals surface area contributed by atoms with Gasteiger partial charge in [-0.15, -0.1) is 0 Å². The molecule has 0 saturated carbocycles. The molecule has 0 aliphatic heterocycles. The van der Waals surface area contributed by atoms with Crippen LogP contribution in [0.1, 0.15) is 11.3 Å². The number of nitrogens with one attached hydrogen (secondary N) is 1. The summed E-state index contributed by atoms with van der Waals surface area (Å²) in [6, 6.07) is 0.700. The summed E-state index contributed by atoms with van der Waals surface area (Å²) in [5.41, 5.74) is 0.512. The van der Waals surface area contributed by atoms with Gasteiger partial charge in [0, 0.05) is 37.9 Å². The second-order valence-electron chi connectivity index (χ2n) is 6.94. The second-order valence-corrected chi connectivity index (χ2v) is 12.6. The number of H-pyrrole nitrogens is 1. The number of rotatable bonds is 5. The number of hydrogen-bond acceptors (Lipinski definition) is 3. The molecule has 0 fully saturated rings. The summed E-state index contributed by atoms with van der Waals surface area (Å²) in [6.07, 6.45) is -4.49. The Labute approximate surface area is 143 Å². The molecule has 0 radical (unpaired) electrons. The molecule has 2 rings (SSSR count). The third-order valence-electron chi connectivity index (χ3n) is 3.58. The Kier molecular flexibility index (Phi) is 5.62. The maximum Gasteiger partial charge on any atom is 0.473 e. The van der Waals surface area contributed by atoms with Crippen LogP contribution in [0.5, 0.6) is 0 Å². The standard InChI is InChI=1S/C15H19F4N3O2Si/c1-25(2,3)5-4-24-13(16)10-6-9-8-20-22-11(9)7-12(10)21-14(23)15(17,18)19/h6,8,13H,4-5,7H2,1-3H3,(H,20,22). The van der Waals surface area contributed by atoms with Crippen LogP contribution in [0, 0.1) is 0 Å². The van der Waals surface area contributed by atoms with Gasteiger partial charge in [0.2, 0.25) is 6.36 Å². The summed E-state index contributed by atoms with van der Waals surface area (Å²) in [7, 11) is -1.45. The first-order valence-corrected chi connectivity index (χ1v) is 11.4. The van der Waals surface area contributed by atoms with E-state index in [1.807, 2.05) is 0 Å². The van der Waals surface area contributed by atoms with Gasteiger partial charge >= 0.3 is 12.1 Å². The van der Waals surface area contributed by atoms with Gasteiger partial charge in [-0.3, -0.25) is 9.89 Å². The molecular formula is C15H19F4N3O2Si. The van der Waals surface area contributed by atoms with E-state index in [9.17, 15) is 22.4 Å². The summed E-state index contributed by atoms with van der Waals surface area (Å²) >= 11 is 0. The minimum absolute atomic E-state index is 0.146. The van der Waals surface area contributed by atoms with Crippen LogP contribution in [0.25, 0.3) is 6.08 Å². The number of alkyl halides is 4. The maximum atomic E-state index is 14.5. The number of carbonyl (C=O) groups excluding carboxylic acids is 1. The Morgan fingerprint density at radius 3 is 2.72 bits per heavy atom. The van der Waals surface area contributed by atoms with Gasteiger partial charge in [-0.05, 0) is 12.1 Å². The van der Waals surface area contributed by atoms with E-state index >= 15 is 0 Å². The molecule has 1 aliphatic carbocycles. The monoisotopic (exact) mass is 377 g/mol. The number of fused-ring (bicyclic) bond motifs is 1. The Hall–Kier alpha value is -1.81. The molecule has 1 unspecified atom stereocenters. The zero-order valence-corrected chi connectivity index (χ0v) is 15.1. The predicted octanol–water partition coefficient (Wildman–Crippen LogP) is 3.53. The van der Waals surface area contributed by atoms with Crippen molar-refractivity contribution in [2.24, 2.45) is 4.99 Å². The van der Waals surface area contributed by atoms with Crippen molar-refractivity contribution in [3.05, 3.63) is 23.0 Å². The number of hydrogen-bond donors (Lipinski definition) is 1. The normalized spacial score (nSPS) is 18.0. The molecule has 25 heavy (non-hydrogen) atoms. The molecule has 1 aromatic rings. The number of ether oxygens (including phenoxy) is 1. The van der Waals surface area contributed by atoms with Crippen molar-refractivity contribution in [2.75, 3.05) is 6.61 Å². The van der Waals surface area contributed by atoms with Gasteiger partial charge in [0.25, 0.3) is 0 Å². The molecule has 0 spiro atoms. The lowest BCUT2D eigenvalue weighted by Crippen LogP contribution is -2.28. The molecule has 10 heteroatoms. The summed E-state index contributed by atoms with van der Waals surface area (Å²) in [6.45, 7) is 6.43. The molecular weight excluding hydrogens is 358 g/mol. The highest BCUT2D eigenvalue weighted by atomic mass is 28.3. The predicted molar refractivity (Wildman–Crippen MR) is 87.8 cm³/mol. The van der Waals surface area contributed by atoms with Crippen molar-refractivity contribution in [3.8, 4) is 0 Å². The molecule has 138 valence electrons. The van der Waals surface area contributed by atoms with Gasteiger partial charge < -0.3 is 4.74 Å². The molecule has 1 atom stereocenters. The van der Waals surface area contributed by atoms with Crippen LogP contribution in [0.4, 0.5) is 17.6 Å². The number of halogens is 4. The van der Waals surface area contributed by atoms with Crippen LogP contribution in [0.2, 0.25) is 25.7 Å². The minimum atomic E-state index is -5.11. The van der Waals surface area contributed by atoms with Crippen molar-refractivity contribution in [1.29, 1.82) is 0 Å². The van der Waals surface area contributed by atoms with Crippen molar-refractivity contribution in [1.82, 2.24) is 10.2 Å². The SMILES string of the molecule is C[Si](C)(C)CCOC(F)C1=Cc2cn[nH]c2CC1=NC(=O)C(F)(F)F. The van der Waals surface area contributed by atoms with Gasteiger partial charge in [-0.2, -0.15) is 18.3 Å². The molecule has 0 saturated heterocycles. The summed E-state index contributed by atoms with van der Waals surface area (Å²) in [5, 5.41) is 6.36. The molecule has 1 amide bonds. The zero-order chi connectivity index (χ0) is 18.8. The minimum Gasteiger partial charge on any atom is -0.345 e. The lowest BCUT2D eigenvalue weighted by Gasteiger charge is -2.21. The lowest BCUT2D eigenvalue weighted by atomic mass is 9.95. The fraction of sp³-hybridized carbons (Fsp3) is 0.533. The van der Waals surface area contributed by atoms with Gasteiger partial charge in [0.1, 0.15) is 0 Å². The maximum absolute atomic E-state index is 14.5. The number of amides is 1. The van der Waals surface area contributed by atoms with E-state index in [2.05, 4.69) is 34.8 Å². The van der Waals surface area contributed by atoms with E-state index in [1.165, 1.54) is 12.3 Å². The first-order valence-electron chi connectivity index (χ1n) is 7.66. The summed E-state index contributed by atoms with van der Waals surface area (Å²) in [4.78, 5) is 14.2. The van der Waals surface area contributed by atoms with Crippen LogP contribution >= 0.6 is 0 Å². The van der Waals surface area contributed by atoms with E-state index < -0.39 is 26.5 Å². The van der Waals surface area contributed by atoms with Crippen molar-refractivity contribution < 1.29 is 27.1 Å². The van der Waals surface area contributed by atoms with Crippen molar-refractivity contribution in [2.45, 2.75) is 44.6 Å². The quantitative estimate of drug-likeness (QED) is 0.631. The Balaban J connectivity index is 2.23. The Bertz CT molecular complexity index is 704. The molecule has 1 aromatic heterocycles. The highest BCUT2D eigenvalue weighted by Crippen LogP contribution is 2.27. The third-order valence-corrected chi connectivity index (χ3v) is 5.28. The first kappa shape index (κ1) is 19.5. The second kappa shape index (κ2) is 7.20. The zero-order valence-electron chi connectivity index (χ0n) is 14.1. The lowest BCUT2D eigenvalue weighted by molar-refractivity contribution is -0.169. The number of nitrogens with zero attached hydrogens (tertiary/aromatic N) is 2. The highest BCUT2D eigenvalue weighted by molar-refractivity contribution is 6.76. The van der Waals surface area contributed by atoms with Gasteiger partial charge in [0.15, 0.2) is 0 Å². The van der Waals surface area contributed by atoms with Gasteiger partial charge in [0.05, 0.1) is 11.9 Å². The van der Waals surface area contributed by atoms with Crippen LogP contribution in [0.3, 0.4) is 0 Å². The Morgan fingerprint density at radius 2 is 2.12 bits per heavy atom. The topological polar surface area (TPSA) is 67.3 Å². The van der Waals surface area contributed by atoms with E-state index in [0.29, 0.717) is 17.3 Å². The molecule has 0 aromatic carbocycles. The third kappa shape index (κ3) is 5.33. The average molecular weight is 377 g/mol. The fourth-order valence-corrected chi connectivity index (χ4v) is 2.88. The molecule has 1 aliphatic rings. The summed E-state index contributed by atoms with van der Waals surface area (Å²) < 4.78 is 57.1. The van der Waals surface area contributed by atoms with Crippen LogP contribution in [-0.2, 0) is 16.0 Å². The van der Waals surface area contributed by atoms with Crippen LogP contribution < -0.4 is 0 Å². The molecule has 1 N–H and O–H groups in total. The highest BCUT2D eigenvalue weighted by Gasteiger charge is 2.40. The first-order chi connectivity index (χ1) is 11.5. The number of aliphatic imine (C=N–C) groups is 1. The smallest absolute Gasteiger partial charge is 0.345 e. The van der Waals surface area contributed by atoms with Gasteiger partial charge in [-0.25, -0.2) is 9.38 Å². The number of carbonyl (C=O) groups is 1. The number of aromatic amines is 1. The van der Waals surface area contributed by atoms with E-state index in [0.717, 1.165) is 0 Å².